The summed E-state index contributed by atoms with van der Waals surface area (Å²) in [6.45, 7) is 7.47. The quantitative estimate of drug-likeness (QED) is 0.552. The molecule has 2 heteroatoms. The monoisotopic (exact) mass is 210 g/mol. The maximum atomic E-state index is 9.86. The van der Waals surface area contributed by atoms with Gasteiger partial charge in [0.1, 0.15) is 5.60 Å². The first-order valence-electron chi connectivity index (χ1n) is 5.37. The van der Waals surface area contributed by atoms with E-state index >= 15 is 0 Å². The van der Waals surface area contributed by atoms with Crippen LogP contribution in [0.25, 0.3) is 0 Å². The van der Waals surface area contributed by atoms with Crippen LogP contribution in [0.3, 0.4) is 0 Å². The lowest BCUT2D eigenvalue weighted by Gasteiger charge is -2.14. The molecule has 0 radical (unpaired) electrons. The van der Waals surface area contributed by atoms with Crippen molar-refractivity contribution in [3.8, 4) is 11.8 Å². The normalized spacial score (nSPS) is 15.9. The lowest BCUT2D eigenvalue weighted by atomic mass is 10.00. The molecular formula is C13H22O2. The fourth-order valence-corrected chi connectivity index (χ4v) is 1.09. The van der Waals surface area contributed by atoms with E-state index < -0.39 is 11.7 Å². The zero-order chi connectivity index (χ0) is 11.9. The lowest BCUT2D eigenvalue weighted by molar-refractivity contribution is 0.113. The van der Waals surface area contributed by atoms with Gasteiger partial charge in [-0.3, -0.25) is 0 Å². The van der Waals surface area contributed by atoms with E-state index in [4.69, 9.17) is 5.11 Å². The molecule has 0 amide bonds. The average Bonchev–Trinajstić information content (AvgIpc) is 2.01. The Bertz CT molecular complexity index is 260. The van der Waals surface area contributed by atoms with Crippen LogP contribution in [-0.4, -0.2) is 21.9 Å². The van der Waals surface area contributed by atoms with E-state index in [-0.39, 0.29) is 0 Å². The fraction of sp³-hybridized carbons (Fsp3) is 0.692. The van der Waals surface area contributed by atoms with Crippen molar-refractivity contribution in [2.24, 2.45) is 0 Å². The highest BCUT2D eigenvalue weighted by Gasteiger charge is 2.14. The van der Waals surface area contributed by atoms with Gasteiger partial charge in [-0.15, -0.1) is 0 Å². The maximum absolute atomic E-state index is 9.86. The van der Waals surface area contributed by atoms with Crippen molar-refractivity contribution in [1.29, 1.82) is 0 Å². The van der Waals surface area contributed by atoms with Crippen LogP contribution in [0.5, 0.6) is 0 Å². The number of hydrogen-bond acceptors (Lipinski definition) is 2. The van der Waals surface area contributed by atoms with Crippen molar-refractivity contribution in [2.45, 2.75) is 58.7 Å². The number of aliphatic hydroxyl groups is 2. The van der Waals surface area contributed by atoms with Crippen molar-refractivity contribution < 1.29 is 10.2 Å². The molecule has 0 fully saturated rings. The van der Waals surface area contributed by atoms with Gasteiger partial charge in [0.25, 0.3) is 0 Å². The zero-order valence-corrected chi connectivity index (χ0v) is 10.2. The summed E-state index contributed by atoms with van der Waals surface area (Å²) in [7, 11) is 0. The van der Waals surface area contributed by atoms with E-state index in [9.17, 15) is 5.11 Å². The third-order valence-electron chi connectivity index (χ3n) is 1.94. The molecule has 2 unspecified atom stereocenters. The smallest absolute Gasteiger partial charge is 0.123 e. The minimum atomic E-state index is -0.944. The molecule has 0 bridgehead atoms. The first-order chi connectivity index (χ1) is 6.83. The standard InChI is InChI=1S/C13H22O2/c1-11(2)7-5-9-13(4,15)10-6-8-12(3)14/h7,12,14-15H,5,8-9H2,1-4H3. The molecule has 0 saturated carbocycles. The number of hydrogen-bond donors (Lipinski definition) is 2. The minimum absolute atomic E-state index is 0.415. The molecule has 0 aliphatic heterocycles. The molecule has 0 rings (SSSR count). The largest absolute Gasteiger partial charge is 0.392 e. The second-order valence-corrected chi connectivity index (χ2v) is 4.45. The third-order valence-corrected chi connectivity index (χ3v) is 1.94. The Balaban J connectivity index is 4.05. The predicted molar refractivity (Wildman–Crippen MR) is 63.4 cm³/mol. The van der Waals surface area contributed by atoms with Crippen molar-refractivity contribution in [3.63, 3.8) is 0 Å². The van der Waals surface area contributed by atoms with Gasteiger partial charge in [0, 0.05) is 6.42 Å². The van der Waals surface area contributed by atoms with Crippen molar-refractivity contribution in [1.82, 2.24) is 0 Å². The van der Waals surface area contributed by atoms with Crippen LogP contribution in [0.1, 0.15) is 47.0 Å². The van der Waals surface area contributed by atoms with Gasteiger partial charge in [-0.05, 0) is 40.5 Å². The molecule has 0 aromatic carbocycles. The van der Waals surface area contributed by atoms with Gasteiger partial charge < -0.3 is 10.2 Å². The number of rotatable bonds is 4. The van der Waals surface area contributed by atoms with E-state index in [1.807, 2.05) is 13.8 Å². The van der Waals surface area contributed by atoms with E-state index in [1.165, 1.54) is 5.57 Å². The average molecular weight is 210 g/mol. The maximum Gasteiger partial charge on any atom is 0.123 e. The minimum Gasteiger partial charge on any atom is -0.392 e. The van der Waals surface area contributed by atoms with Crippen LogP contribution < -0.4 is 0 Å². The summed E-state index contributed by atoms with van der Waals surface area (Å²) in [5.74, 6) is 5.57. The Hall–Kier alpha value is -0.780. The van der Waals surface area contributed by atoms with Crippen LogP contribution in [-0.2, 0) is 0 Å². The summed E-state index contributed by atoms with van der Waals surface area (Å²) < 4.78 is 0. The summed E-state index contributed by atoms with van der Waals surface area (Å²) in [4.78, 5) is 0. The number of allylic oxidation sites excluding steroid dienone is 2. The van der Waals surface area contributed by atoms with Crippen LogP contribution in [0.2, 0.25) is 0 Å². The van der Waals surface area contributed by atoms with Crippen molar-refractivity contribution >= 4 is 0 Å². The molecule has 2 nitrogen and oxygen atoms in total. The van der Waals surface area contributed by atoms with Gasteiger partial charge in [-0.1, -0.05) is 23.5 Å². The predicted octanol–water partition coefficient (Wildman–Crippen LogP) is 2.26. The fourth-order valence-electron chi connectivity index (χ4n) is 1.09. The lowest BCUT2D eigenvalue weighted by Crippen LogP contribution is -2.21. The van der Waals surface area contributed by atoms with Crippen molar-refractivity contribution in [3.05, 3.63) is 11.6 Å². The van der Waals surface area contributed by atoms with Gasteiger partial charge in [-0.25, -0.2) is 0 Å². The second kappa shape index (κ2) is 6.66. The van der Waals surface area contributed by atoms with Crippen molar-refractivity contribution in [2.75, 3.05) is 0 Å². The highest BCUT2D eigenvalue weighted by Crippen LogP contribution is 2.12. The molecule has 2 atom stereocenters. The summed E-state index contributed by atoms with van der Waals surface area (Å²) in [5.41, 5.74) is 0.309. The van der Waals surface area contributed by atoms with Gasteiger partial charge in [-0.2, -0.15) is 0 Å². The molecular weight excluding hydrogens is 188 g/mol. The Kier molecular flexibility index (Phi) is 6.31. The highest BCUT2D eigenvalue weighted by molar-refractivity contribution is 5.13. The Morgan fingerprint density at radius 1 is 1.47 bits per heavy atom. The zero-order valence-electron chi connectivity index (χ0n) is 10.2. The SMILES string of the molecule is CC(C)=CCCC(C)(O)C#CCC(C)O. The molecule has 0 aliphatic carbocycles. The van der Waals surface area contributed by atoms with E-state index in [0.717, 1.165) is 6.42 Å². The molecule has 0 aromatic rings. The van der Waals surface area contributed by atoms with E-state index in [1.54, 1.807) is 13.8 Å². The Morgan fingerprint density at radius 3 is 2.53 bits per heavy atom. The second-order valence-electron chi connectivity index (χ2n) is 4.45. The molecule has 0 saturated heterocycles. The van der Waals surface area contributed by atoms with Crippen LogP contribution >= 0.6 is 0 Å². The summed E-state index contributed by atoms with van der Waals surface area (Å²) in [6, 6.07) is 0. The highest BCUT2D eigenvalue weighted by atomic mass is 16.3. The van der Waals surface area contributed by atoms with E-state index in [2.05, 4.69) is 17.9 Å². The van der Waals surface area contributed by atoms with Gasteiger partial charge in [0.05, 0.1) is 6.10 Å². The Labute approximate surface area is 93.0 Å². The van der Waals surface area contributed by atoms with Gasteiger partial charge in [0.15, 0.2) is 0 Å². The van der Waals surface area contributed by atoms with E-state index in [0.29, 0.717) is 12.8 Å². The molecule has 15 heavy (non-hydrogen) atoms. The van der Waals surface area contributed by atoms with Gasteiger partial charge in [0.2, 0.25) is 0 Å². The molecule has 0 aromatic heterocycles. The first-order valence-corrected chi connectivity index (χ1v) is 5.37. The number of aliphatic hydroxyl groups excluding tert-OH is 1. The molecule has 0 heterocycles. The van der Waals surface area contributed by atoms with Crippen LogP contribution in [0.15, 0.2) is 11.6 Å². The summed E-state index contributed by atoms with van der Waals surface area (Å²) in [6.07, 6.45) is 3.54. The topological polar surface area (TPSA) is 40.5 Å². The molecule has 0 spiro atoms. The summed E-state index contributed by atoms with van der Waals surface area (Å²) in [5, 5.41) is 18.9. The molecule has 2 N–H and O–H groups in total. The van der Waals surface area contributed by atoms with Gasteiger partial charge >= 0.3 is 0 Å². The molecule has 0 aliphatic rings. The van der Waals surface area contributed by atoms with Crippen LogP contribution in [0.4, 0.5) is 0 Å². The van der Waals surface area contributed by atoms with Crippen LogP contribution in [0, 0.1) is 11.8 Å². The summed E-state index contributed by atoms with van der Waals surface area (Å²) >= 11 is 0. The first kappa shape index (κ1) is 14.2. The third kappa shape index (κ3) is 9.52. The Morgan fingerprint density at radius 2 is 2.07 bits per heavy atom. The molecule has 86 valence electrons.